The van der Waals surface area contributed by atoms with Crippen LogP contribution in [0.25, 0.3) is 0 Å². The highest BCUT2D eigenvalue weighted by atomic mass is 35.5. The molecule has 0 aliphatic heterocycles. The summed E-state index contributed by atoms with van der Waals surface area (Å²) in [6.45, 7) is 1.65. The van der Waals surface area contributed by atoms with Crippen molar-refractivity contribution in [3.63, 3.8) is 0 Å². The first-order valence-corrected chi connectivity index (χ1v) is 8.59. The number of rotatable bonds is 5. The lowest BCUT2D eigenvalue weighted by Gasteiger charge is -2.13. The van der Waals surface area contributed by atoms with Crippen LogP contribution in [0.3, 0.4) is 0 Å². The Balaban J connectivity index is 1.69. The van der Waals surface area contributed by atoms with E-state index < -0.39 is 11.9 Å². The van der Waals surface area contributed by atoms with Crippen LogP contribution in [0.1, 0.15) is 23.5 Å². The molecule has 0 aliphatic rings. The normalized spacial score (nSPS) is 11.7. The number of carbonyl (C=O) groups excluding carboxylic acids is 2. The molecule has 0 aromatic carbocycles. The van der Waals surface area contributed by atoms with Gasteiger partial charge < -0.3 is 10.6 Å². The number of anilines is 2. The second-order valence-electron chi connectivity index (χ2n) is 5.48. The summed E-state index contributed by atoms with van der Waals surface area (Å²) in [6.07, 6.45) is 4.57. The van der Waals surface area contributed by atoms with Gasteiger partial charge in [-0.15, -0.1) is 0 Å². The molecule has 0 bridgehead atoms. The average molecular weight is 405 g/mol. The van der Waals surface area contributed by atoms with Crippen LogP contribution in [0.5, 0.6) is 0 Å². The molecule has 3 aromatic heterocycles. The van der Waals surface area contributed by atoms with Crippen molar-refractivity contribution in [2.24, 2.45) is 0 Å². The number of nitrogens with zero attached hydrogens (tertiary/aromatic N) is 4. The molecule has 1 unspecified atom stereocenters. The monoisotopic (exact) mass is 404 g/mol. The van der Waals surface area contributed by atoms with Crippen LogP contribution in [-0.2, 0) is 4.79 Å². The number of pyridine rings is 2. The first-order valence-electron chi connectivity index (χ1n) is 7.84. The summed E-state index contributed by atoms with van der Waals surface area (Å²) in [5, 5.41) is 9.81. The van der Waals surface area contributed by atoms with E-state index in [1.807, 2.05) is 0 Å². The van der Waals surface area contributed by atoms with Crippen molar-refractivity contribution >= 4 is 46.4 Å². The molecule has 3 heterocycles. The quantitative estimate of drug-likeness (QED) is 0.634. The maximum absolute atomic E-state index is 12.4. The molecule has 2 amide bonds. The molecule has 0 spiro atoms. The average Bonchev–Trinajstić information content (AvgIpc) is 3.15. The molecule has 0 aliphatic carbocycles. The molecule has 10 heteroatoms. The van der Waals surface area contributed by atoms with Gasteiger partial charge in [0.15, 0.2) is 16.0 Å². The largest absolute Gasteiger partial charge is 0.322 e. The molecular formula is C17H14Cl2N6O2. The van der Waals surface area contributed by atoms with E-state index in [2.05, 4.69) is 25.7 Å². The molecule has 1 atom stereocenters. The predicted octanol–water partition coefficient (Wildman–Crippen LogP) is 3.43. The summed E-state index contributed by atoms with van der Waals surface area (Å²) < 4.78 is 1.37. The Labute approximate surface area is 164 Å². The SMILES string of the molecule is CC(C(=O)Nc1cccnc1Cl)n1ccc(C(=O)Nc2cccnc2Cl)n1. The summed E-state index contributed by atoms with van der Waals surface area (Å²) in [6, 6.07) is 7.39. The molecule has 27 heavy (non-hydrogen) atoms. The Bertz CT molecular complexity index is 991. The maximum Gasteiger partial charge on any atom is 0.276 e. The van der Waals surface area contributed by atoms with E-state index in [1.165, 1.54) is 29.3 Å². The zero-order chi connectivity index (χ0) is 19.4. The number of hydrogen-bond acceptors (Lipinski definition) is 5. The van der Waals surface area contributed by atoms with Gasteiger partial charge >= 0.3 is 0 Å². The number of carbonyl (C=O) groups is 2. The van der Waals surface area contributed by atoms with E-state index >= 15 is 0 Å². The second-order valence-corrected chi connectivity index (χ2v) is 6.20. The smallest absolute Gasteiger partial charge is 0.276 e. The Morgan fingerprint density at radius 1 is 1.00 bits per heavy atom. The third-order valence-corrected chi connectivity index (χ3v) is 4.24. The van der Waals surface area contributed by atoms with Gasteiger partial charge in [-0.2, -0.15) is 5.10 Å². The Kier molecular flexibility index (Phi) is 5.68. The van der Waals surface area contributed by atoms with Crippen molar-refractivity contribution in [2.75, 3.05) is 10.6 Å². The summed E-state index contributed by atoms with van der Waals surface area (Å²) in [5.74, 6) is -0.818. The molecular weight excluding hydrogens is 391 g/mol. The summed E-state index contributed by atoms with van der Waals surface area (Å²) in [5.41, 5.74) is 0.900. The molecule has 3 rings (SSSR count). The van der Waals surface area contributed by atoms with Gasteiger partial charge in [0.2, 0.25) is 5.91 Å². The van der Waals surface area contributed by atoms with Crippen LogP contribution in [0, 0.1) is 0 Å². The van der Waals surface area contributed by atoms with E-state index in [0.29, 0.717) is 11.4 Å². The van der Waals surface area contributed by atoms with Crippen molar-refractivity contribution in [1.82, 2.24) is 19.7 Å². The predicted molar refractivity (Wildman–Crippen MR) is 102 cm³/mol. The zero-order valence-electron chi connectivity index (χ0n) is 14.1. The molecule has 138 valence electrons. The van der Waals surface area contributed by atoms with Crippen molar-refractivity contribution in [3.05, 3.63) is 64.9 Å². The van der Waals surface area contributed by atoms with Gasteiger partial charge in [-0.3, -0.25) is 14.3 Å². The van der Waals surface area contributed by atoms with Gasteiger partial charge in [-0.1, -0.05) is 23.2 Å². The van der Waals surface area contributed by atoms with Gasteiger partial charge in [-0.25, -0.2) is 9.97 Å². The third kappa shape index (κ3) is 4.42. The Morgan fingerprint density at radius 3 is 2.19 bits per heavy atom. The van der Waals surface area contributed by atoms with Crippen LogP contribution in [0.15, 0.2) is 48.9 Å². The first-order chi connectivity index (χ1) is 13.0. The van der Waals surface area contributed by atoms with Crippen molar-refractivity contribution in [3.8, 4) is 0 Å². The minimum atomic E-state index is -0.676. The number of halogens is 2. The number of aromatic nitrogens is 4. The van der Waals surface area contributed by atoms with Crippen LogP contribution in [-0.4, -0.2) is 31.6 Å². The van der Waals surface area contributed by atoms with Crippen LogP contribution in [0.4, 0.5) is 11.4 Å². The minimum Gasteiger partial charge on any atom is -0.322 e. The number of nitrogens with one attached hydrogen (secondary N) is 2. The molecule has 0 fully saturated rings. The molecule has 0 saturated heterocycles. The van der Waals surface area contributed by atoms with Gasteiger partial charge in [0, 0.05) is 18.6 Å². The second kappa shape index (κ2) is 8.15. The summed E-state index contributed by atoms with van der Waals surface area (Å²) in [7, 11) is 0. The highest BCUT2D eigenvalue weighted by molar-refractivity contribution is 6.33. The molecule has 0 radical (unpaired) electrons. The third-order valence-electron chi connectivity index (χ3n) is 3.64. The highest BCUT2D eigenvalue weighted by Gasteiger charge is 2.19. The van der Waals surface area contributed by atoms with E-state index in [1.54, 1.807) is 31.2 Å². The first kappa shape index (κ1) is 18.8. The van der Waals surface area contributed by atoms with E-state index in [4.69, 9.17) is 23.2 Å². The van der Waals surface area contributed by atoms with Crippen LogP contribution < -0.4 is 10.6 Å². The standard InChI is InChI=1S/C17H14Cl2N6O2/c1-10(16(26)22-11-4-2-7-20-14(11)18)25-9-6-13(24-25)17(27)23-12-5-3-8-21-15(12)19/h2-10H,1H3,(H,22,26)(H,23,27). The van der Waals surface area contributed by atoms with E-state index in [9.17, 15) is 9.59 Å². The van der Waals surface area contributed by atoms with E-state index in [0.717, 1.165) is 0 Å². The number of amides is 2. The van der Waals surface area contributed by atoms with Crippen molar-refractivity contribution in [2.45, 2.75) is 13.0 Å². The van der Waals surface area contributed by atoms with Crippen molar-refractivity contribution in [1.29, 1.82) is 0 Å². The zero-order valence-corrected chi connectivity index (χ0v) is 15.6. The van der Waals surface area contributed by atoms with Gasteiger partial charge in [0.1, 0.15) is 6.04 Å². The molecule has 2 N–H and O–H groups in total. The Morgan fingerprint density at radius 2 is 1.59 bits per heavy atom. The van der Waals surface area contributed by atoms with Gasteiger partial charge in [-0.05, 0) is 37.3 Å². The topological polar surface area (TPSA) is 102 Å². The van der Waals surface area contributed by atoms with Crippen LogP contribution in [0.2, 0.25) is 10.3 Å². The fourth-order valence-electron chi connectivity index (χ4n) is 2.18. The van der Waals surface area contributed by atoms with Gasteiger partial charge in [0.25, 0.3) is 5.91 Å². The lowest BCUT2D eigenvalue weighted by Crippen LogP contribution is -2.25. The van der Waals surface area contributed by atoms with Crippen molar-refractivity contribution < 1.29 is 9.59 Å². The van der Waals surface area contributed by atoms with Crippen LogP contribution >= 0.6 is 23.2 Å². The molecule has 0 saturated carbocycles. The summed E-state index contributed by atoms with van der Waals surface area (Å²) in [4.78, 5) is 32.5. The molecule has 3 aromatic rings. The lowest BCUT2D eigenvalue weighted by atomic mass is 10.3. The lowest BCUT2D eigenvalue weighted by molar-refractivity contribution is -0.119. The Hall–Kier alpha value is -2.97. The maximum atomic E-state index is 12.4. The fourth-order valence-corrected chi connectivity index (χ4v) is 2.51. The minimum absolute atomic E-state index is 0.133. The van der Waals surface area contributed by atoms with E-state index in [-0.39, 0.29) is 21.9 Å². The fraction of sp³-hybridized carbons (Fsp3) is 0.118. The molecule has 8 nitrogen and oxygen atoms in total. The van der Waals surface area contributed by atoms with Gasteiger partial charge in [0.05, 0.1) is 11.4 Å². The highest BCUT2D eigenvalue weighted by Crippen LogP contribution is 2.20. The summed E-state index contributed by atoms with van der Waals surface area (Å²) >= 11 is 11.9. The number of hydrogen-bond donors (Lipinski definition) is 2.